The average Bonchev–Trinajstić information content (AvgIpc) is 2.02. The lowest BCUT2D eigenvalue weighted by molar-refractivity contribution is 0.308. The van der Waals surface area contributed by atoms with Crippen molar-refractivity contribution in [3.05, 3.63) is 0 Å². The minimum absolute atomic E-state index is 0.564. The molecule has 1 heterocycles. The fourth-order valence-electron chi connectivity index (χ4n) is 1.85. The first-order valence-electron chi connectivity index (χ1n) is 5.45. The molecule has 0 radical (unpaired) electrons. The van der Waals surface area contributed by atoms with Crippen LogP contribution in [-0.4, -0.2) is 24.5 Å². The minimum atomic E-state index is 0.564. The van der Waals surface area contributed by atoms with E-state index in [2.05, 4.69) is 53.5 Å². The maximum Gasteiger partial charge on any atom is 0.00696 e. The van der Waals surface area contributed by atoms with Crippen LogP contribution in [0, 0.1) is 11.3 Å². The van der Waals surface area contributed by atoms with E-state index in [1.165, 1.54) is 13.0 Å². The molecule has 0 aromatic carbocycles. The Labute approximate surface area is 84.5 Å². The second-order valence-electron chi connectivity index (χ2n) is 5.86. The Kier molecular flexibility index (Phi) is 4.98. The van der Waals surface area contributed by atoms with E-state index in [1.807, 2.05) is 0 Å². The molecular formula is C12H27N. The van der Waals surface area contributed by atoms with Crippen molar-refractivity contribution in [1.29, 1.82) is 0 Å². The number of nitrogens with zero attached hydrogens (tertiary/aromatic N) is 1. The number of rotatable bonds is 0. The number of likely N-dealkylation sites (tertiary alicyclic amines) is 1. The van der Waals surface area contributed by atoms with Gasteiger partial charge in [0.15, 0.2) is 0 Å². The van der Waals surface area contributed by atoms with E-state index < -0.39 is 0 Å². The monoisotopic (exact) mass is 185 g/mol. The molecule has 1 heteroatoms. The van der Waals surface area contributed by atoms with Gasteiger partial charge < -0.3 is 4.90 Å². The van der Waals surface area contributed by atoms with E-state index in [4.69, 9.17) is 0 Å². The molecule has 0 aromatic heterocycles. The molecule has 13 heavy (non-hydrogen) atoms. The summed E-state index contributed by atoms with van der Waals surface area (Å²) in [6.45, 7) is 14.7. The summed E-state index contributed by atoms with van der Waals surface area (Å²) in [5.74, 6) is 0.833. The van der Waals surface area contributed by atoms with Crippen LogP contribution in [0.15, 0.2) is 0 Å². The first-order valence-corrected chi connectivity index (χ1v) is 5.45. The van der Waals surface area contributed by atoms with Gasteiger partial charge in [0.25, 0.3) is 0 Å². The van der Waals surface area contributed by atoms with E-state index in [0.717, 1.165) is 12.0 Å². The van der Waals surface area contributed by atoms with E-state index in [1.54, 1.807) is 0 Å². The summed E-state index contributed by atoms with van der Waals surface area (Å²) >= 11 is 0. The van der Waals surface area contributed by atoms with E-state index in [9.17, 15) is 0 Å². The van der Waals surface area contributed by atoms with Gasteiger partial charge in [0, 0.05) is 12.6 Å². The second-order valence-corrected chi connectivity index (χ2v) is 5.86. The lowest BCUT2D eigenvalue weighted by Gasteiger charge is -2.15. The molecule has 0 aliphatic carbocycles. The van der Waals surface area contributed by atoms with Gasteiger partial charge >= 0.3 is 0 Å². The predicted octanol–water partition coefficient (Wildman–Crippen LogP) is 3.40. The van der Waals surface area contributed by atoms with Gasteiger partial charge in [-0.2, -0.15) is 0 Å². The molecule has 1 atom stereocenters. The molecule has 0 bridgehead atoms. The summed E-state index contributed by atoms with van der Waals surface area (Å²) < 4.78 is 0. The third-order valence-electron chi connectivity index (χ3n) is 2.28. The second kappa shape index (κ2) is 4.99. The standard InChI is InChI=1S/C8H17N.C4H10/c1-7-5-8(2,3)6-9(7)4;1-4(2)3/h7H,5-6H2,1-4H3;4H,1-3H3/t7-;/m1./s1. The van der Waals surface area contributed by atoms with E-state index in [-0.39, 0.29) is 0 Å². The van der Waals surface area contributed by atoms with Crippen LogP contribution >= 0.6 is 0 Å². The van der Waals surface area contributed by atoms with Crippen molar-refractivity contribution in [2.75, 3.05) is 13.6 Å². The lowest BCUT2D eigenvalue weighted by atomic mass is 9.91. The molecule has 1 fully saturated rings. The summed E-state index contributed by atoms with van der Waals surface area (Å²) in [5, 5.41) is 0. The highest BCUT2D eigenvalue weighted by Crippen LogP contribution is 2.31. The molecule has 1 aliphatic heterocycles. The molecule has 1 saturated heterocycles. The summed E-state index contributed by atoms with van der Waals surface area (Å²) in [6.07, 6.45) is 1.35. The SMILES string of the molecule is CC(C)C.C[C@@H]1CC(C)(C)CN1C. The quantitative estimate of drug-likeness (QED) is 0.559. The fourth-order valence-corrected chi connectivity index (χ4v) is 1.85. The predicted molar refractivity (Wildman–Crippen MR) is 61.0 cm³/mol. The van der Waals surface area contributed by atoms with Crippen LogP contribution in [0.1, 0.15) is 48.0 Å². The van der Waals surface area contributed by atoms with Crippen LogP contribution in [0.3, 0.4) is 0 Å². The lowest BCUT2D eigenvalue weighted by Crippen LogP contribution is -2.22. The summed E-state index contributed by atoms with van der Waals surface area (Å²) in [7, 11) is 2.21. The maximum absolute atomic E-state index is 2.43. The summed E-state index contributed by atoms with van der Waals surface area (Å²) in [6, 6.07) is 0.792. The van der Waals surface area contributed by atoms with Gasteiger partial charge in [0.2, 0.25) is 0 Å². The smallest absolute Gasteiger partial charge is 0.00696 e. The molecule has 80 valence electrons. The molecule has 0 saturated carbocycles. The van der Waals surface area contributed by atoms with Gasteiger partial charge in [-0.3, -0.25) is 0 Å². The van der Waals surface area contributed by atoms with Crippen molar-refractivity contribution >= 4 is 0 Å². The largest absolute Gasteiger partial charge is 0.303 e. The highest BCUT2D eigenvalue weighted by atomic mass is 15.2. The number of hydrogen-bond acceptors (Lipinski definition) is 1. The molecule has 0 unspecified atom stereocenters. The Balaban J connectivity index is 0.000000310. The van der Waals surface area contributed by atoms with Gasteiger partial charge in [-0.25, -0.2) is 0 Å². The van der Waals surface area contributed by atoms with Crippen LogP contribution in [-0.2, 0) is 0 Å². The third-order valence-corrected chi connectivity index (χ3v) is 2.28. The topological polar surface area (TPSA) is 3.24 Å². The molecule has 0 aromatic rings. The van der Waals surface area contributed by atoms with Crippen molar-refractivity contribution in [2.24, 2.45) is 11.3 Å². The zero-order valence-corrected chi connectivity index (χ0v) is 10.5. The van der Waals surface area contributed by atoms with Gasteiger partial charge in [-0.05, 0) is 31.7 Å². The Morgan fingerprint density at radius 3 is 1.69 bits per heavy atom. The minimum Gasteiger partial charge on any atom is -0.303 e. The molecule has 1 rings (SSSR count). The normalized spacial score (nSPS) is 27.2. The first kappa shape index (κ1) is 13.0. The van der Waals surface area contributed by atoms with Crippen LogP contribution < -0.4 is 0 Å². The Morgan fingerprint density at radius 2 is 1.62 bits per heavy atom. The van der Waals surface area contributed by atoms with E-state index in [0.29, 0.717) is 5.41 Å². The van der Waals surface area contributed by atoms with Crippen molar-refractivity contribution in [1.82, 2.24) is 4.90 Å². The Hall–Kier alpha value is -0.0400. The summed E-state index contributed by atoms with van der Waals surface area (Å²) in [5.41, 5.74) is 0.564. The summed E-state index contributed by atoms with van der Waals surface area (Å²) in [4.78, 5) is 2.43. The zero-order chi connectivity index (χ0) is 10.6. The van der Waals surface area contributed by atoms with Crippen molar-refractivity contribution in [2.45, 2.75) is 54.0 Å². The van der Waals surface area contributed by atoms with Crippen molar-refractivity contribution in [3.63, 3.8) is 0 Å². The van der Waals surface area contributed by atoms with Crippen molar-refractivity contribution < 1.29 is 0 Å². The third kappa shape index (κ3) is 6.09. The molecule has 1 nitrogen and oxygen atoms in total. The van der Waals surface area contributed by atoms with Crippen LogP contribution in [0.25, 0.3) is 0 Å². The highest BCUT2D eigenvalue weighted by Gasteiger charge is 2.31. The highest BCUT2D eigenvalue weighted by molar-refractivity contribution is 4.86. The molecule has 0 N–H and O–H groups in total. The Bertz CT molecular complexity index is 123. The molecule has 0 amide bonds. The molecular weight excluding hydrogens is 158 g/mol. The van der Waals surface area contributed by atoms with Crippen LogP contribution in [0.4, 0.5) is 0 Å². The fraction of sp³-hybridized carbons (Fsp3) is 1.00. The van der Waals surface area contributed by atoms with Gasteiger partial charge in [-0.15, -0.1) is 0 Å². The maximum atomic E-state index is 2.43. The molecule has 1 aliphatic rings. The number of hydrogen-bond donors (Lipinski definition) is 0. The zero-order valence-electron chi connectivity index (χ0n) is 10.5. The first-order chi connectivity index (χ1) is 5.74. The van der Waals surface area contributed by atoms with Crippen molar-refractivity contribution in [3.8, 4) is 0 Å². The Morgan fingerprint density at radius 1 is 1.23 bits per heavy atom. The average molecular weight is 185 g/mol. The van der Waals surface area contributed by atoms with Gasteiger partial charge in [0.1, 0.15) is 0 Å². The van der Waals surface area contributed by atoms with Gasteiger partial charge in [-0.1, -0.05) is 34.6 Å². The van der Waals surface area contributed by atoms with E-state index >= 15 is 0 Å². The van der Waals surface area contributed by atoms with Crippen LogP contribution in [0.5, 0.6) is 0 Å². The molecule has 0 spiro atoms. The van der Waals surface area contributed by atoms with Crippen LogP contribution in [0.2, 0.25) is 0 Å². The van der Waals surface area contributed by atoms with Gasteiger partial charge in [0.05, 0.1) is 0 Å².